The molecule has 0 aliphatic carbocycles. The minimum atomic E-state index is -0.517. The standard InChI is InChI=1S/C11H16N2O3/c1-2-11(16)13-10(7-14)12-8-3-5-9(15)6-4-8/h3-6,10,12,14-15H,2,7H2,1H3,(H,13,16). The number of benzene rings is 1. The van der Waals surface area contributed by atoms with Crippen LogP contribution in [-0.4, -0.2) is 28.9 Å². The van der Waals surface area contributed by atoms with Gasteiger partial charge in [0.2, 0.25) is 5.91 Å². The SMILES string of the molecule is CCC(=O)NC(CO)Nc1ccc(O)cc1. The summed E-state index contributed by atoms with van der Waals surface area (Å²) < 4.78 is 0. The highest BCUT2D eigenvalue weighted by Crippen LogP contribution is 2.14. The quantitative estimate of drug-likeness (QED) is 0.437. The zero-order valence-electron chi connectivity index (χ0n) is 9.10. The van der Waals surface area contributed by atoms with Crippen LogP contribution in [0, 0.1) is 0 Å². The van der Waals surface area contributed by atoms with Gasteiger partial charge >= 0.3 is 0 Å². The lowest BCUT2D eigenvalue weighted by Gasteiger charge is -2.18. The number of aromatic hydroxyl groups is 1. The van der Waals surface area contributed by atoms with E-state index in [2.05, 4.69) is 10.6 Å². The third-order valence-electron chi connectivity index (χ3n) is 2.05. The predicted molar refractivity (Wildman–Crippen MR) is 61.0 cm³/mol. The normalized spacial score (nSPS) is 11.9. The second kappa shape index (κ2) is 5.97. The molecule has 0 heterocycles. The summed E-state index contributed by atoms with van der Waals surface area (Å²) in [6.07, 6.45) is -0.148. The van der Waals surface area contributed by atoms with E-state index >= 15 is 0 Å². The highest BCUT2D eigenvalue weighted by atomic mass is 16.3. The summed E-state index contributed by atoms with van der Waals surface area (Å²) in [7, 11) is 0. The smallest absolute Gasteiger partial charge is 0.221 e. The lowest BCUT2D eigenvalue weighted by atomic mass is 10.3. The molecule has 0 saturated heterocycles. The van der Waals surface area contributed by atoms with Gasteiger partial charge in [0.05, 0.1) is 6.61 Å². The summed E-state index contributed by atoms with van der Waals surface area (Å²) in [6, 6.07) is 6.38. The molecule has 0 saturated carbocycles. The number of amides is 1. The maximum absolute atomic E-state index is 11.1. The van der Waals surface area contributed by atoms with Crippen LogP contribution in [0.1, 0.15) is 13.3 Å². The molecular weight excluding hydrogens is 208 g/mol. The van der Waals surface area contributed by atoms with E-state index in [9.17, 15) is 4.79 Å². The average Bonchev–Trinajstić information content (AvgIpc) is 2.30. The van der Waals surface area contributed by atoms with Crippen molar-refractivity contribution in [3.05, 3.63) is 24.3 Å². The number of phenolic OH excluding ortho intramolecular Hbond substituents is 1. The Balaban J connectivity index is 2.56. The van der Waals surface area contributed by atoms with Crippen molar-refractivity contribution in [2.45, 2.75) is 19.5 Å². The molecule has 5 nitrogen and oxygen atoms in total. The van der Waals surface area contributed by atoms with Gasteiger partial charge in [0.25, 0.3) is 0 Å². The van der Waals surface area contributed by atoms with Crippen LogP contribution in [0.25, 0.3) is 0 Å². The zero-order chi connectivity index (χ0) is 12.0. The molecule has 0 aromatic heterocycles. The number of hydrogen-bond acceptors (Lipinski definition) is 4. The number of anilines is 1. The van der Waals surface area contributed by atoms with Crippen LogP contribution >= 0.6 is 0 Å². The summed E-state index contributed by atoms with van der Waals surface area (Å²) in [6.45, 7) is 1.54. The summed E-state index contributed by atoms with van der Waals surface area (Å²) in [4.78, 5) is 11.1. The highest BCUT2D eigenvalue weighted by Gasteiger charge is 2.09. The van der Waals surface area contributed by atoms with Gasteiger partial charge in [-0.1, -0.05) is 6.92 Å². The minimum Gasteiger partial charge on any atom is -0.508 e. The molecule has 0 bridgehead atoms. The Morgan fingerprint density at radius 1 is 1.38 bits per heavy atom. The number of aliphatic hydroxyl groups excluding tert-OH is 1. The summed E-state index contributed by atoms with van der Waals surface area (Å²) in [5, 5.41) is 23.7. The molecule has 1 unspecified atom stereocenters. The van der Waals surface area contributed by atoms with Gasteiger partial charge in [-0.3, -0.25) is 4.79 Å². The van der Waals surface area contributed by atoms with Crippen molar-refractivity contribution in [1.29, 1.82) is 0 Å². The van der Waals surface area contributed by atoms with Crippen molar-refractivity contribution >= 4 is 11.6 Å². The van der Waals surface area contributed by atoms with Crippen molar-refractivity contribution in [3.63, 3.8) is 0 Å². The first kappa shape index (κ1) is 12.3. The van der Waals surface area contributed by atoms with Crippen molar-refractivity contribution in [3.8, 4) is 5.75 Å². The molecule has 88 valence electrons. The Labute approximate surface area is 94.1 Å². The van der Waals surface area contributed by atoms with Crippen LogP contribution in [0.4, 0.5) is 5.69 Å². The molecule has 0 radical (unpaired) electrons. The summed E-state index contributed by atoms with van der Waals surface area (Å²) in [5.41, 5.74) is 0.716. The molecule has 0 aliphatic heterocycles. The molecule has 1 aromatic carbocycles. The van der Waals surface area contributed by atoms with Crippen LogP contribution in [0.2, 0.25) is 0 Å². The lowest BCUT2D eigenvalue weighted by molar-refractivity contribution is -0.121. The number of rotatable bonds is 5. The topological polar surface area (TPSA) is 81.6 Å². The van der Waals surface area contributed by atoms with Gasteiger partial charge in [0, 0.05) is 12.1 Å². The fourth-order valence-electron chi connectivity index (χ4n) is 1.18. The first-order valence-corrected chi connectivity index (χ1v) is 5.11. The van der Waals surface area contributed by atoms with Gasteiger partial charge < -0.3 is 20.8 Å². The Bertz CT molecular complexity index is 338. The van der Waals surface area contributed by atoms with E-state index in [-0.39, 0.29) is 18.3 Å². The van der Waals surface area contributed by atoms with Gasteiger partial charge in [0.1, 0.15) is 11.9 Å². The molecule has 1 aromatic rings. The van der Waals surface area contributed by atoms with E-state index in [1.807, 2.05) is 0 Å². The van der Waals surface area contributed by atoms with Crippen molar-refractivity contribution in [2.75, 3.05) is 11.9 Å². The second-order valence-electron chi connectivity index (χ2n) is 3.35. The number of phenols is 1. The van der Waals surface area contributed by atoms with Gasteiger partial charge in [-0.2, -0.15) is 0 Å². The third kappa shape index (κ3) is 3.78. The predicted octanol–water partition coefficient (Wildman–Crippen LogP) is 0.649. The van der Waals surface area contributed by atoms with Gasteiger partial charge in [0.15, 0.2) is 0 Å². The van der Waals surface area contributed by atoms with Crippen molar-refractivity contribution < 1.29 is 15.0 Å². The first-order chi connectivity index (χ1) is 7.65. The molecule has 16 heavy (non-hydrogen) atoms. The van der Waals surface area contributed by atoms with Gasteiger partial charge in [-0.05, 0) is 24.3 Å². The van der Waals surface area contributed by atoms with E-state index in [1.165, 1.54) is 12.1 Å². The average molecular weight is 224 g/mol. The Kier molecular flexibility index (Phi) is 4.60. The maximum Gasteiger partial charge on any atom is 0.221 e. The number of nitrogens with one attached hydrogen (secondary N) is 2. The fourth-order valence-corrected chi connectivity index (χ4v) is 1.18. The molecule has 0 spiro atoms. The largest absolute Gasteiger partial charge is 0.508 e. The first-order valence-electron chi connectivity index (χ1n) is 5.11. The number of carbonyl (C=O) groups is 1. The van der Waals surface area contributed by atoms with E-state index in [0.717, 1.165) is 0 Å². The van der Waals surface area contributed by atoms with E-state index in [4.69, 9.17) is 10.2 Å². The van der Waals surface area contributed by atoms with Crippen LogP contribution < -0.4 is 10.6 Å². The number of aliphatic hydroxyl groups is 1. The van der Waals surface area contributed by atoms with E-state index in [1.54, 1.807) is 19.1 Å². The lowest BCUT2D eigenvalue weighted by Crippen LogP contribution is -2.42. The van der Waals surface area contributed by atoms with E-state index in [0.29, 0.717) is 12.1 Å². The minimum absolute atomic E-state index is 0.134. The van der Waals surface area contributed by atoms with Crippen LogP contribution in [0.15, 0.2) is 24.3 Å². The Hall–Kier alpha value is -1.75. The second-order valence-corrected chi connectivity index (χ2v) is 3.35. The Morgan fingerprint density at radius 3 is 2.50 bits per heavy atom. The third-order valence-corrected chi connectivity index (χ3v) is 2.05. The van der Waals surface area contributed by atoms with Crippen molar-refractivity contribution in [2.24, 2.45) is 0 Å². The van der Waals surface area contributed by atoms with Gasteiger partial charge in [-0.25, -0.2) is 0 Å². The number of hydrogen-bond donors (Lipinski definition) is 4. The number of carbonyl (C=O) groups excluding carboxylic acids is 1. The molecule has 1 amide bonds. The van der Waals surface area contributed by atoms with Crippen molar-refractivity contribution in [1.82, 2.24) is 5.32 Å². The van der Waals surface area contributed by atoms with Crippen LogP contribution in [0.3, 0.4) is 0 Å². The summed E-state index contributed by atoms with van der Waals surface area (Å²) >= 11 is 0. The molecule has 1 rings (SSSR count). The fraction of sp³-hybridized carbons (Fsp3) is 0.364. The van der Waals surface area contributed by atoms with Crippen LogP contribution in [0.5, 0.6) is 5.75 Å². The van der Waals surface area contributed by atoms with Crippen LogP contribution in [-0.2, 0) is 4.79 Å². The molecule has 5 heteroatoms. The van der Waals surface area contributed by atoms with E-state index < -0.39 is 6.17 Å². The zero-order valence-corrected chi connectivity index (χ0v) is 9.10. The highest BCUT2D eigenvalue weighted by molar-refractivity contribution is 5.76. The molecule has 0 aliphatic rings. The molecule has 1 atom stereocenters. The molecule has 0 fully saturated rings. The maximum atomic E-state index is 11.1. The monoisotopic (exact) mass is 224 g/mol. The molecular formula is C11H16N2O3. The van der Waals surface area contributed by atoms with Gasteiger partial charge in [-0.15, -0.1) is 0 Å². The molecule has 4 N–H and O–H groups in total. The Morgan fingerprint density at radius 2 is 2.00 bits per heavy atom. The summed E-state index contributed by atoms with van der Waals surface area (Å²) in [5.74, 6) is 0.0361.